The second-order valence-corrected chi connectivity index (χ2v) is 14.7. The molecule has 3 saturated carbocycles. The molecule has 0 radical (unpaired) electrons. The molecule has 3 saturated heterocycles. The molecule has 1 amide bonds. The minimum absolute atomic E-state index is 0.00998. The summed E-state index contributed by atoms with van der Waals surface area (Å²) in [5, 5.41) is 3.55. The summed E-state index contributed by atoms with van der Waals surface area (Å²) in [6.07, 6.45) is 10.9. The van der Waals surface area contributed by atoms with Gasteiger partial charge in [-0.1, -0.05) is 12.2 Å². The lowest BCUT2D eigenvalue weighted by Gasteiger charge is -2.60. The van der Waals surface area contributed by atoms with Crippen LogP contribution in [0.5, 0.6) is 0 Å². The van der Waals surface area contributed by atoms with Crippen molar-refractivity contribution in [1.29, 1.82) is 0 Å². The van der Waals surface area contributed by atoms with Crippen LogP contribution in [0, 0.1) is 29.6 Å². The second kappa shape index (κ2) is 11.6. The largest absolute Gasteiger partial charge is 0.378 e. The first-order valence-corrected chi connectivity index (χ1v) is 17.2. The third-order valence-corrected chi connectivity index (χ3v) is 12.6. The van der Waals surface area contributed by atoms with Crippen LogP contribution in [0.2, 0.25) is 0 Å². The quantitative estimate of drug-likeness (QED) is 0.374. The zero-order valence-electron chi connectivity index (χ0n) is 25.8. The summed E-state index contributed by atoms with van der Waals surface area (Å²) in [5.41, 5.74) is 0.179. The molecule has 9 nitrogen and oxygen atoms in total. The number of rotatable bonds is 5. The van der Waals surface area contributed by atoms with E-state index < -0.39 is 24.2 Å². The number of likely N-dealkylation sites (tertiary alicyclic amines) is 1. The Kier molecular flexibility index (Phi) is 7.71. The van der Waals surface area contributed by atoms with E-state index in [1.165, 1.54) is 6.42 Å². The Balaban J connectivity index is 1.11. The number of carbonyl (C=O) groups is 3. The maximum atomic E-state index is 16.2. The number of alkyl halides is 1. The van der Waals surface area contributed by atoms with Gasteiger partial charge in [-0.05, 0) is 83.3 Å². The van der Waals surface area contributed by atoms with E-state index in [1.807, 2.05) is 6.20 Å². The summed E-state index contributed by atoms with van der Waals surface area (Å²) in [6.45, 7) is 3.60. The van der Waals surface area contributed by atoms with Crippen molar-refractivity contribution in [3.8, 4) is 0 Å². The highest BCUT2D eigenvalue weighted by Gasteiger charge is 2.62. The molecule has 1 N–H and O–H groups in total. The van der Waals surface area contributed by atoms with E-state index in [2.05, 4.69) is 34.3 Å². The molecule has 0 bridgehead atoms. The summed E-state index contributed by atoms with van der Waals surface area (Å²) in [7, 11) is 2.16. The predicted octanol–water partition coefficient (Wildman–Crippen LogP) is 2.11. The summed E-state index contributed by atoms with van der Waals surface area (Å²) in [5.74, 6) is -0.232. The van der Waals surface area contributed by atoms with Crippen molar-refractivity contribution < 1.29 is 28.2 Å². The molecule has 240 valence electrons. The van der Waals surface area contributed by atoms with E-state index in [0.717, 1.165) is 38.6 Å². The topological polar surface area (TPSA) is 91.4 Å². The third kappa shape index (κ3) is 4.73. The molecule has 44 heavy (non-hydrogen) atoms. The first kappa shape index (κ1) is 29.3. The zero-order chi connectivity index (χ0) is 30.1. The molecule has 12 unspecified atom stereocenters. The Morgan fingerprint density at radius 1 is 1.07 bits per heavy atom. The molecule has 4 aliphatic heterocycles. The number of carbonyl (C=O) groups excluding carboxylic acids is 3. The van der Waals surface area contributed by atoms with Crippen LogP contribution in [0.1, 0.15) is 51.4 Å². The van der Waals surface area contributed by atoms with E-state index in [9.17, 15) is 14.4 Å². The molecule has 0 spiro atoms. The van der Waals surface area contributed by atoms with Crippen LogP contribution in [0.15, 0.2) is 23.9 Å². The first-order valence-electron chi connectivity index (χ1n) is 17.2. The molecule has 0 aromatic rings. The average Bonchev–Trinajstić information content (AvgIpc) is 3.58. The number of ether oxygens (including phenoxy) is 2. The van der Waals surface area contributed by atoms with Gasteiger partial charge < -0.3 is 29.5 Å². The first-order chi connectivity index (χ1) is 21.4. The van der Waals surface area contributed by atoms with Gasteiger partial charge in [-0.15, -0.1) is 0 Å². The molecular formula is C34H47FN4O5. The lowest BCUT2D eigenvalue weighted by molar-refractivity contribution is -0.206. The Morgan fingerprint density at radius 2 is 1.91 bits per heavy atom. The number of allylic oxidation sites excluding steroid dienone is 2. The lowest BCUT2D eigenvalue weighted by Crippen LogP contribution is -2.73. The molecule has 8 aliphatic rings. The summed E-state index contributed by atoms with van der Waals surface area (Å²) in [4.78, 5) is 47.8. The van der Waals surface area contributed by atoms with E-state index in [1.54, 1.807) is 4.90 Å². The fourth-order valence-corrected chi connectivity index (χ4v) is 10.4. The van der Waals surface area contributed by atoms with E-state index in [0.29, 0.717) is 57.0 Å². The van der Waals surface area contributed by atoms with Gasteiger partial charge in [-0.25, -0.2) is 4.39 Å². The smallest absolute Gasteiger partial charge is 0.259 e. The molecule has 0 aromatic heterocycles. The minimum atomic E-state index is -1.26. The standard InChI is InChI=1S/C34H47FN4O5/c1-37-10-4-5-19(37)8-9-36-29-26(35)15-24-30-33(29)44-28-17-23-22(20-6-2-3-7-21(20)31(23)40)16-27(28)39(30)18-25(32(24)41)34(42)38-11-13-43-14-12-38/h3,7,18-24,26-30,33,36H,2,4-6,8-17H2,1H3. The number of hydrogen-bond acceptors (Lipinski definition) is 8. The number of morpholine rings is 2. The Morgan fingerprint density at radius 3 is 2.70 bits per heavy atom. The fraction of sp³-hybridized carbons (Fsp3) is 0.794. The predicted molar refractivity (Wildman–Crippen MR) is 160 cm³/mol. The maximum Gasteiger partial charge on any atom is 0.259 e. The Labute approximate surface area is 259 Å². The van der Waals surface area contributed by atoms with Crippen molar-refractivity contribution in [2.75, 3.05) is 46.4 Å². The zero-order valence-corrected chi connectivity index (χ0v) is 25.8. The molecule has 12 atom stereocenters. The summed E-state index contributed by atoms with van der Waals surface area (Å²) >= 11 is 0. The highest BCUT2D eigenvalue weighted by Crippen LogP contribution is 2.55. The van der Waals surface area contributed by atoms with Gasteiger partial charge in [-0.3, -0.25) is 14.4 Å². The van der Waals surface area contributed by atoms with Crippen LogP contribution >= 0.6 is 0 Å². The van der Waals surface area contributed by atoms with Crippen LogP contribution in [0.3, 0.4) is 0 Å². The second-order valence-electron chi connectivity index (χ2n) is 14.7. The van der Waals surface area contributed by atoms with Crippen LogP contribution in [-0.2, 0) is 23.9 Å². The molecular weight excluding hydrogens is 563 g/mol. The fourth-order valence-electron chi connectivity index (χ4n) is 10.4. The van der Waals surface area contributed by atoms with Crippen LogP contribution < -0.4 is 5.32 Å². The normalized spacial score (nSPS) is 45.0. The summed E-state index contributed by atoms with van der Waals surface area (Å²) in [6, 6.07) is -0.396. The number of hydrogen-bond donors (Lipinski definition) is 1. The minimum Gasteiger partial charge on any atom is -0.378 e. The van der Waals surface area contributed by atoms with Crippen molar-refractivity contribution in [1.82, 2.24) is 20.0 Å². The molecule has 4 aliphatic carbocycles. The van der Waals surface area contributed by atoms with Crippen LogP contribution in [0.25, 0.3) is 0 Å². The lowest BCUT2D eigenvalue weighted by atomic mass is 9.66. The van der Waals surface area contributed by atoms with Crippen molar-refractivity contribution >= 4 is 17.5 Å². The van der Waals surface area contributed by atoms with Gasteiger partial charge in [0.1, 0.15) is 12.0 Å². The van der Waals surface area contributed by atoms with E-state index >= 15 is 4.39 Å². The molecule has 6 fully saturated rings. The van der Waals surface area contributed by atoms with Crippen molar-refractivity contribution in [3.63, 3.8) is 0 Å². The number of Topliss-reactive ketones (excluding diaryl/α,β-unsaturated/α-hetero) is 2. The van der Waals surface area contributed by atoms with Crippen LogP contribution in [-0.4, -0.2) is 121 Å². The number of fused-ring (bicyclic) bond motifs is 5. The number of amides is 1. The van der Waals surface area contributed by atoms with Crippen molar-refractivity contribution in [2.45, 2.75) is 93.9 Å². The van der Waals surface area contributed by atoms with Crippen molar-refractivity contribution in [2.24, 2.45) is 29.6 Å². The van der Waals surface area contributed by atoms with Gasteiger partial charge in [-0.2, -0.15) is 0 Å². The number of nitrogens with zero attached hydrogens (tertiary/aromatic N) is 3. The third-order valence-electron chi connectivity index (χ3n) is 12.6. The Hall–Kier alpha value is -2.14. The highest BCUT2D eigenvalue weighted by atomic mass is 19.1. The summed E-state index contributed by atoms with van der Waals surface area (Å²) < 4.78 is 28.6. The SMILES string of the molecule is CN1CCCC1CCNC1C(F)CC2C(=O)C(C(=O)N3CCOCC3)=CN3C4CC5C(CC4OC1C23)C(=O)C1C=CCCC15. The molecule has 0 aromatic carbocycles. The van der Waals surface area contributed by atoms with Gasteiger partial charge in [0.2, 0.25) is 0 Å². The van der Waals surface area contributed by atoms with E-state index in [4.69, 9.17) is 9.47 Å². The molecule has 8 rings (SSSR count). The maximum absolute atomic E-state index is 16.2. The van der Waals surface area contributed by atoms with E-state index in [-0.39, 0.29) is 59.6 Å². The highest BCUT2D eigenvalue weighted by molar-refractivity contribution is 6.20. The Bertz CT molecular complexity index is 1240. The van der Waals surface area contributed by atoms with Crippen molar-refractivity contribution in [3.05, 3.63) is 23.9 Å². The number of halogens is 1. The molecule has 4 heterocycles. The van der Waals surface area contributed by atoms with Gasteiger partial charge in [0.05, 0.1) is 49.1 Å². The van der Waals surface area contributed by atoms with Crippen LogP contribution in [0.4, 0.5) is 4.39 Å². The number of ketones is 2. The van der Waals surface area contributed by atoms with Gasteiger partial charge in [0.15, 0.2) is 5.78 Å². The number of nitrogens with one attached hydrogen (secondary N) is 1. The van der Waals surface area contributed by atoms with Gasteiger partial charge >= 0.3 is 0 Å². The van der Waals surface area contributed by atoms with Gasteiger partial charge in [0, 0.05) is 43.1 Å². The molecule has 10 heteroatoms. The monoisotopic (exact) mass is 610 g/mol. The van der Waals surface area contributed by atoms with Gasteiger partial charge in [0.25, 0.3) is 5.91 Å². The average molecular weight is 611 g/mol.